The van der Waals surface area contributed by atoms with Crippen molar-refractivity contribution in [2.24, 2.45) is 0 Å². The number of fused-ring (bicyclic) bond motifs is 2. The molecule has 2 atom stereocenters. The average Bonchev–Trinajstić information content (AvgIpc) is 3.57. The highest BCUT2D eigenvalue weighted by atomic mass is 31.2. The lowest BCUT2D eigenvalue weighted by Gasteiger charge is -2.26. The fraction of sp³-hybridized carbons (Fsp3) is 0.708. The van der Waals surface area contributed by atoms with Gasteiger partial charge in [0.2, 0.25) is 11.8 Å². The van der Waals surface area contributed by atoms with Crippen LogP contribution >= 0.6 is 7.82 Å². The number of nitrogens with zero attached hydrogens (tertiary/aromatic N) is 1. The van der Waals surface area contributed by atoms with Gasteiger partial charge in [-0.15, -0.1) is 0 Å². The quantitative estimate of drug-likeness (QED) is 0.0186. The first-order valence-corrected chi connectivity index (χ1v) is 33.2. The molecule has 0 fully saturated rings. The lowest BCUT2D eigenvalue weighted by molar-refractivity contribution is -0.161. The number of amides is 3. The number of carbonyl (C=O) groups is 5. The minimum Gasteiger partial charge on any atom is -0.462 e. The lowest BCUT2D eigenvalue weighted by Crippen LogP contribution is -2.34. The SMILES string of the molecule is CCCCCCCCCCCCCCCCCC(=O)OCC(COP(=O)(O)OCCNC(=O)OCCOCCNC(=O)CCC(=O)N1Cc2ccccc2C#Cc2ccccc21)OC(=O)CCCCCCCCCCCCCCCCC. The second-order valence-corrected chi connectivity index (χ2v) is 23.2. The second kappa shape index (κ2) is 47.6. The molecule has 1 aliphatic heterocycles. The number of phosphoric acid groups is 1. The Balaban J connectivity index is 1.27. The molecule has 0 bridgehead atoms. The highest BCUT2D eigenvalue weighted by molar-refractivity contribution is 7.47. The van der Waals surface area contributed by atoms with Crippen LogP contribution in [-0.2, 0) is 58.3 Å². The Labute approximate surface area is 493 Å². The number of hydrogen-bond donors (Lipinski definition) is 3. The van der Waals surface area contributed by atoms with Crippen LogP contribution < -0.4 is 15.5 Å². The summed E-state index contributed by atoms with van der Waals surface area (Å²) in [5.41, 5.74) is 3.22. The predicted octanol–water partition coefficient (Wildman–Crippen LogP) is 14.7. The summed E-state index contributed by atoms with van der Waals surface area (Å²) >= 11 is 0. The molecule has 462 valence electrons. The van der Waals surface area contributed by atoms with Crippen LogP contribution in [0.4, 0.5) is 10.5 Å². The second-order valence-electron chi connectivity index (χ2n) is 21.7. The van der Waals surface area contributed by atoms with Crippen molar-refractivity contribution in [2.75, 3.05) is 57.6 Å². The molecule has 3 amide bonds. The highest BCUT2D eigenvalue weighted by Gasteiger charge is 2.27. The van der Waals surface area contributed by atoms with Crippen molar-refractivity contribution < 1.29 is 61.4 Å². The van der Waals surface area contributed by atoms with E-state index >= 15 is 0 Å². The van der Waals surface area contributed by atoms with Crippen LogP contribution in [0, 0.1) is 11.8 Å². The number of esters is 2. The van der Waals surface area contributed by atoms with Crippen LogP contribution in [0.3, 0.4) is 0 Å². The largest absolute Gasteiger partial charge is 0.472 e. The van der Waals surface area contributed by atoms with Gasteiger partial charge in [-0.1, -0.05) is 236 Å². The third-order valence-electron chi connectivity index (χ3n) is 14.5. The highest BCUT2D eigenvalue weighted by Crippen LogP contribution is 2.43. The third kappa shape index (κ3) is 36.7. The first-order valence-electron chi connectivity index (χ1n) is 31.7. The molecule has 82 heavy (non-hydrogen) atoms. The van der Waals surface area contributed by atoms with E-state index in [-0.39, 0.29) is 77.0 Å². The lowest BCUT2D eigenvalue weighted by atomic mass is 10.0. The van der Waals surface area contributed by atoms with Crippen molar-refractivity contribution in [3.8, 4) is 11.8 Å². The predicted molar refractivity (Wildman–Crippen MR) is 324 cm³/mol. The Hall–Kier alpha value is -4.78. The molecule has 16 nitrogen and oxygen atoms in total. The van der Waals surface area contributed by atoms with Gasteiger partial charge in [-0.25, -0.2) is 9.36 Å². The van der Waals surface area contributed by atoms with Gasteiger partial charge in [-0.05, 0) is 36.6 Å². The van der Waals surface area contributed by atoms with E-state index in [1.165, 1.54) is 141 Å². The molecule has 0 saturated heterocycles. The summed E-state index contributed by atoms with van der Waals surface area (Å²) in [5.74, 6) is 4.92. The van der Waals surface area contributed by atoms with E-state index in [0.717, 1.165) is 55.2 Å². The van der Waals surface area contributed by atoms with E-state index in [0.29, 0.717) is 25.1 Å². The maximum Gasteiger partial charge on any atom is 0.472 e. The number of phosphoric ester groups is 1. The number of nitrogens with one attached hydrogen (secondary N) is 2. The zero-order valence-electron chi connectivity index (χ0n) is 50.3. The summed E-state index contributed by atoms with van der Waals surface area (Å²) < 4.78 is 44.6. The number of rotatable bonds is 51. The zero-order chi connectivity index (χ0) is 59.0. The fourth-order valence-corrected chi connectivity index (χ4v) is 10.4. The zero-order valence-corrected chi connectivity index (χ0v) is 51.2. The van der Waals surface area contributed by atoms with E-state index < -0.39 is 45.2 Å². The molecule has 3 rings (SSSR count). The number of carbonyl (C=O) groups excluding carboxylic acids is 5. The van der Waals surface area contributed by atoms with Crippen molar-refractivity contribution >= 4 is 43.4 Å². The Bertz CT molecular complexity index is 2160. The number of ether oxygens (including phenoxy) is 4. The Morgan fingerprint density at radius 1 is 0.524 bits per heavy atom. The average molecular weight is 1170 g/mol. The molecule has 2 unspecified atom stereocenters. The van der Waals surface area contributed by atoms with Gasteiger partial charge in [0.25, 0.3) is 0 Å². The minimum absolute atomic E-state index is 0.00298. The summed E-state index contributed by atoms with van der Waals surface area (Å²) in [4.78, 5) is 76.0. The van der Waals surface area contributed by atoms with Crippen molar-refractivity contribution in [3.05, 3.63) is 65.2 Å². The van der Waals surface area contributed by atoms with Gasteiger partial charge in [-0.3, -0.25) is 28.2 Å². The van der Waals surface area contributed by atoms with Crippen LogP contribution in [0.5, 0.6) is 0 Å². The first-order chi connectivity index (χ1) is 40.0. The molecule has 1 aliphatic rings. The molecule has 3 N–H and O–H groups in total. The third-order valence-corrected chi connectivity index (χ3v) is 15.5. The maximum atomic E-state index is 13.4. The number of hydrogen-bond acceptors (Lipinski definition) is 12. The van der Waals surface area contributed by atoms with Gasteiger partial charge in [-0.2, -0.15) is 0 Å². The summed E-state index contributed by atoms with van der Waals surface area (Å²) in [5, 5.41) is 5.15. The van der Waals surface area contributed by atoms with Crippen LogP contribution in [0.15, 0.2) is 48.5 Å². The van der Waals surface area contributed by atoms with Gasteiger partial charge in [0.15, 0.2) is 6.10 Å². The minimum atomic E-state index is -4.68. The van der Waals surface area contributed by atoms with Crippen molar-refractivity contribution in [2.45, 2.75) is 245 Å². The Morgan fingerprint density at radius 3 is 1.59 bits per heavy atom. The summed E-state index contributed by atoms with van der Waals surface area (Å²) in [7, 11) is -4.68. The molecule has 17 heteroatoms. The number of para-hydroxylation sites is 1. The molecule has 2 aromatic carbocycles. The van der Waals surface area contributed by atoms with Gasteiger partial charge in [0.05, 0.1) is 38.7 Å². The van der Waals surface area contributed by atoms with E-state index in [9.17, 15) is 33.4 Å². The van der Waals surface area contributed by atoms with Crippen LogP contribution in [0.2, 0.25) is 0 Å². The van der Waals surface area contributed by atoms with E-state index in [1.54, 1.807) is 4.90 Å². The Morgan fingerprint density at radius 2 is 1.01 bits per heavy atom. The molecule has 1 heterocycles. The molecule has 0 aliphatic carbocycles. The maximum absolute atomic E-state index is 13.4. The van der Waals surface area contributed by atoms with Gasteiger partial charge in [0.1, 0.15) is 13.2 Å². The van der Waals surface area contributed by atoms with Gasteiger partial charge in [0, 0.05) is 49.9 Å². The van der Waals surface area contributed by atoms with Crippen LogP contribution in [0.25, 0.3) is 0 Å². The first kappa shape index (κ1) is 71.5. The topological polar surface area (TPSA) is 205 Å². The number of anilines is 1. The summed E-state index contributed by atoms with van der Waals surface area (Å²) in [6.07, 6.45) is 34.7. The molecule has 0 radical (unpaired) electrons. The van der Waals surface area contributed by atoms with Gasteiger partial charge >= 0.3 is 25.9 Å². The van der Waals surface area contributed by atoms with Gasteiger partial charge < -0.3 is 39.4 Å². The van der Waals surface area contributed by atoms with Crippen LogP contribution in [-0.4, -0.2) is 93.6 Å². The molecule has 2 aromatic rings. The van der Waals surface area contributed by atoms with E-state index in [1.807, 2.05) is 48.5 Å². The molecule has 0 spiro atoms. The van der Waals surface area contributed by atoms with E-state index in [2.05, 4.69) is 36.3 Å². The Kier molecular flexibility index (Phi) is 41.5. The number of benzene rings is 2. The smallest absolute Gasteiger partial charge is 0.462 e. The van der Waals surface area contributed by atoms with Crippen LogP contribution in [0.1, 0.15) is 249 Å². The summed E-state index contributed by atoms with van der Waals surface area (Å²) in [6.45, 7) is 3.61. The number of alkyl carbamates (subject to hydrolysis) is 1. The van der Waals surface area contributed by atoms with Crippen molar-refractivity contribution in [1.29, 1.82) is 0 Å². The van der Waals surface area contributed by atoms with Crippen molar-refractivity contribution in [3.63, 3.8) is 0 Å². The molecule has 0 aromatic heterocycles. The number of unbranched alkanes of at least 4 members (excludes halogenated alkanes) is 28. The molecular formula is C65H104N3O13P. The van der Waals surface area contributed by atoms with Crippen molar-refractivity contribution in [1.82, 2.24) is 10.6 Å². The fourth-order valence-electron chi connectivity index (χ4n) is 9.69. The molecule has 0 saturated carbocycles. The summed E-state index contributed by atoms with van der Waals surface area (Å²) in [6, 6.07) is 15.1. The monoisotopic (exact) mass is 1170 g/mol. The molecular weight excluding hydrogens is 1060 g/mol. The normalized spacial score (nSPS) is 12.8. The standard InChI is InChI=1S/C65H104N3O13P/c1-3-5-7-9-11-13-15-17-19-21-23-25-27-29-31-41-63(71)78-54-59(81-64(72)42-32-30-28-26-24-22-20-18-16-14-12-10-8-6-4-2)55-80-82(74,75)79-50-48-67-65(73)77-52-51-76-49-47-66-61(69)45-46-62(70)68-53-58-39-34-33-37-56(58)43-44-57-38-35-36-40-60(57)68/h33-40,59H,3-32,41-42,45-55H2,1-2H3,(H,66,69)(H,67,73)(H,74,75). The van der Waals surface area contributed by atoms with E-state index in [4.69, 9.17) is 28.0 Å².